The first-order chi connectivity index (χ1) is 11.8. The molecule has 1 saturated heterocycles. The molecule has 2 aliphatic rings. The largest absolute Gasteiger partial charge is 0.394 e. The lowest BCUT2D eigenvalue weighted by Gasteiger charge is -2.43. The molecule has 1 aromatic heterocycles. The first-order valence-corrected chi connectivity index (χ1v) is 11.2. The van der Waals surface area contributed by atoms with Crippen LogP contribution in [-0.4, -0.2) is 53.1 Å². The number of hydrogen-bond acceptors (Lipinski definition) is 6. The van der Waals surface area contributed by atoms with Crippen molar-refractivity contribution < 1.29 is 17.5 Å². The summed E-state index contributed by atoms with van der Waals surface area (Å²) >= 11 is 1.90. The molecule has 1 aliphatic heterocycles. The van der Waals surface area contributed by atoms with Crippen LogP contribution in [0.3, 0.4) is 0 Å². The van der Waals surface area contributed by atoms with Crippen molar-refractivity contribution in [2.45, 2.75) is 58.4 Å². The standard InChI is InChI=1S/C16H27N3S.H2O4S/c1-3-7-17-16-18-13-10-12-6-5-9-19(8-4-2)14(12)11-15(13)20-16;1-5(2,3)4/h12,14H,3-11H2,1-2H3,(H,17,18);(H2,1,2,3,4)/t12-,14-;/m0./s1. The molecular weight excluding hydrogens is 362 g/mol. The van der Waals surface area contributed by atoms with Gasteiger partial charge in [-0.2, -0.15) is 8.42 Å². The molecule has 2 heterocycles. The number of hydrogen-bond donors (Lipinski definition) is 3. The monoisotopic (exact) mass is 391 g/mol. The van der Waals surface area contributed by atoms with Gasteiger partial charge < -0.3 is 5.32 Å². The Morgan fingerprint density at radius 1 is 1.28 bits per heavy atom. The molecule has 7 nitrogen and oxygen atoms in total. The molecule has 3 N–H and O–H groups in total. The minimum absolute atomic E-state index is 0.788. The van der Waals surface area contributed by atoms with E-state index in [1.54, 1.807) is 4.88 Å². The summed E-state index contributed by atoms with van der Waals surface area (Å²) in [6.07, 6.45) is 7.68. The number of piperidine rings is 1. The fraction of sp³-hybridized carbons (Fsp3) is 0.812. The van der Waals surface area contributed by atoms with Gasteiger partial charge in [-0.25, -0.2) is 4.98 Å². The van der Waals surface area contributed by atoms with E-state index in [4.69, 9.17) is 22.5 Å². The minimum atomic E-state index is -4.67. The van der Waals surface area contributed by atoms with Gasteiger partial charge >= 0.3 is 10.4 Å². The van der Waals surface area contributed by atoms with Gasteiger partial charge in [0.1, 0.15) is 0 Å². The van der Waals surface area contributed by atoms with Crippen molar-refractivity contribution in [3.8, 4) is 0 Å². The number of aromatic nitrogens is 1. The molecule has 0 radical (unpaired) electrons. The van der Waals surface area contributed by atoms with Gasteiger partial charge in [0.15, 0.2) is 5.13 Å². The predicted molar refractivity (Wildman–Crippen MR) is 101 cm³/mol. The first-order valence-electron chi connectivity index (χ1n) is 8.98. The molecule has 0 unspecified atom stereocenters. The van der Waals surface area contributed by atoms with E-state index < -0.39 is 10.4 Å². The summed E-state index contributed by atoms with van der Waals surface area (Å²) in [6, 6.07) is 0.788. The normalized spacial score (nSPS) is 23.2. The van der Waals surface area contributed by atoms with Crippen molar-refractivity contribution in [2.24, 2.45) is 5.92 Å². The van der Waals surface area contributed by atoms with Gasteiger partial charge in [-0.3, -0.25) is 14.0 Å². The van der Waals surface area contributed by atoms with Crippen molar-refractivity contribution in [3.63, 3.8) is 0 Å². The van der Waals surface area contributed by atoms with Crippen LogP contribution in [-0.2, 0) is 23.2 Å². The second kappa shape index (κ2) is 9.27. The number of nitrogens with one attached hydrogen (secondary N) is 1. The first kappa shape index (κ1) is 20.6. The highest BCUT2D eigenvalue weighted by molar-refractivity contribution is 7.79. The number of nitrogens with zero attached hydrogens (tertiary/aromatic N) is 2. The van der Waals surface area contributed by atoms with E-state index in [0.717, 1.165) is 23.6 Å². The summed E-state index contributed by atoms with van der Waals surface area (Å²) < 4.78 is 31.6. The van der Waals surface area contributed by atoms with E-state index >= 15 is 0 Å². The SMILES string of the molecule is CCCNc1nc2c(s1)C[C@H]1[C@@H](CCCN1CCC)C2.O=S(=O)(O)O. The highest BCUT2D eigenvalue weighted by Crippen LogP contribution is 2.38. The van der Waals surface area contributed by atoms with Crippen molar-refractivity contribution in [1.29, 1.82) is 0 Å². The summed E-state index contributed by atoms with van der Waals surface area (Å²) in [7, 11) is -4.67. The van der Waals surface area contributed by atoms with E-state index in [2.05, 4.69) is 24.1 Å². The highest BCUT2D eigenvalue weighted by Gasteiger charge is 2.36. The third kappa shape index (κ3) is 6.49. The van der Waals surface area contributed by atoms with Gasteiger partial charge in [0.2, 0.25) is 0 Å². The van der Waals surface area contributed by atoms with Crippen LogP contribution in [0.2, 0.25) is 0 Å². The van der Waals surface area contributed by atoms with Crippen LogP contribution in [0.5, 0.6) is 0 Å². The number of fused-ring (bicyclic) bond motifs is 2. The third-order valence-electron chi connectivity index (χ3n) is 4.70. The molecule has 0 aromatic carbocycles. The Hall–Kier alpha value is -0.740. The van der Waals surface area contributed by atoms with E-state index in [1.165, 1.54) is 57.3 Å². The van der Waals surface area contributed by atoms with Crippen molar-refractivity contribution in [1.82, 2.24) is 9.88 Å². The van der Waals surface area contributed by atoms with Crippen molar-refractivity contribution in [3.05, 3.63) is 10.6 Å². The van der Waals surface area contributed by atoms with Gasteiger partial charge in [0, 0.05) is 17.5 Å². The smallest absolute Gasteiger partial charge is 0.362 e. The Balaban J connectivity index is 0.000000399. The number of likely N-dealkylation sites (tertiary alicyclic amines) is 1. The number of rotatable bonds is 5. The Morgan fingerprint density at radius 3 is 2.64 bits per heavy atom. The number of anilines is 1. The van der Waals surface area contributed by atoms with Crippen molar-refractivity contribution in [2.75, 3.05) is 25.0 Å². The maximum Gasteiger partial charge on any atom is 0.394 e. The lowest BCUT2D eigenvalue weighted by molar-refractivity contribution is 0.0857. The van der Waals surface area contributed by atoms with E-state index in [9.17, 15) is 0 Å². The Labute approximate surface area is 154 Å². The molecule has 9 heteroatoms. The van der Waals surface area contributed by atoms with Crippen LogP contribution in [0.15, 0.2) is 0 Å². The zero-order valence-electron chi connectivity index (χ0n) is 14.9. The minimum Gasteiger partial charge on any atom is -0.362 e. The maximum atomic E-state index is 8.74. The Bertz CT molecular complexity index is 638. The molecule has 2 atom stereocenters. The average molecular weight is 392 g/mol. The molecule has 3 rings (SSSR count). The van der Waals surface area contributed by atoms with Crippen molar-refractivity contribution >= 4 is 26.9 Å². The third-order valence-corrected chi connectivity index (χ3v) is 5.78. The quantitative estimate of drug-likeness (QED) is 0.663. The zero-order chi connectivity index (χ0) is 18.4. The lowest BCUT2D eigenvalue weighted by Crippen LogP contribution is -2.49. The zero-order valence-corrected chi connectivity index (χ0v) is 16.6. The fourth-order valence-electron chi connectivity index (χ4n) is 3.76. The summed E-state index contributed by atoms with van der Waals surface area (Å²) in [4.78, 5) is 9.13. The summed E-state index contributed by atoms with van der Waals surface area (Å²) in [5.41, 5.74) is 1.40. The molecule has 0 spiro atoms. The average Bonchev–Trinajstić information content (AvgIpc) is 2.91. The Kier molecular flexibility index (Phi) is 7.63. The summed E-state index contributed by atoms with van der Waals surface area (Å²) in [5, 5.41) is 4.61. The summed E-state index contributed by atoms with van der Waals surface area (Å²) in [5.74, 6) is 0.851. The van der Waals surface area contributed by atoms with E-state index in [-0.39, 0.29) is 0 Å². The maximum absolute atomic E-state index is 8.74. The van der Waals surface area contributed by atoms with Crippen LogP contribution in [0.25, 0.3) is 0 Å². The molecule has 0 amide bonds. The molecule has 25 heavy (non-hydrogen) atoms. The molecule has 1 aliphatic carbocycles. The van der Waals surface area contributed by atoms with Crippen LogP contribution in [0.1, 0.15) is 50.1 Å². The number of thiazole rings is 1. The molecular formula is C16H29N3O4S2. The van der Waals surface area contributed by atoms with Crippen LogP contribution >= 0.6 is 11.3 Å². The van der Waals surface area contributed by atoms with Gasteiger partial charge in [-0.05, 0) is 57.5 Å². The molecule has 0 saturated carbocycles. The predicted octanol–water partition coefficient (Wildman–Crippen LogP) is 2.90. The molecule has 144 valence electrons. The topological polar surface area (TPSA) is 103 Å². The molecule has 1 fully saturated rings. The lowest BCUT2D eigenvalue weighted by atomic mass is 9.79. The van der Waals surface area contributed by atoms with Crippen LogP contribution in [0.4, 0.5) is 5.13 Å². The van der Waals surface area contributed by atoms with E-state index in [0.29, 0.717) is 0 Å². The van der Waals surface area contributed by atoms with Crippen LogP contribution < -0.4 is 5.32 Å². The second-order valence-corrected chi connectivity index (χ2v) is 8.66. The molecule has 0 bridgehead atoms. The summed E-state index contributed by atoms with van der Waals surface area (Å²) in [6.45, 7) is 8.14. The molecule has 1 aromatic rings. The fourth-order valence-corrected chi connectivity index (χ4v) is 4.82. The highest BCUT2D eigenvalue weighted by atomic mass is 32.3. The van der Waals surface area contributed by atoms with Gasteiger partial charge in [-0.15, -0.1) is 11.3 Å². The van der Waals surface area contributed by atoms with Gasteiger partial charge in [0.25, 0.3) is 0 Å². The Morgan fingerprint density at radius 2 is 2.00 bits per heavy atom. The second-order valence-electron chi connectivity index (χ2n) is 6.68. The van der Waals surface area contributed by atoms with Gasteiger partial charge in [-0.1, -0.05) is 13.8 Å². The van der Waals surface area contributed by atoms with E-state index in [1.807, 2.05) is 11.3 Å². The van der Waals surface area contributed by atoms with Crippen LogP contribution in [0, 0.1) is 5.92 Å². The van der Waals surface area contributed by atoms with Gasteiger partial charge in [0.05, 0.1) is 5.69 Å².